The van der Waals surface area contributed by atoms with Gasteiger partial charge in [0.1, 0.15) is 0 Å². The van der Waals surface area contributed by atoms with Crippen molar-refractivity contribution in [2.24, 2.45) is 5.41 Å². The highest BCUT2D eigenvalue weighted by atomic mass is 16.5. The van der Waals surface area contributed by atoms with Gasteiger partial charge in [0, 0.05) is 25.5 Å². The first-order chi connectivity index (χ1) is 8.08. The molecular formula is C12H21NO4. The molecule has 98 valence electrons. The Morgan fingerprint density at radius 3 is 2.47 bits per heavy atom. The molecule has 2 N–H and O–H groups in total. The lowest BCUT2D eigenvalue weighted by molar-refractivity contribution is -0.138. The van der Waals surface area contributed by atoms with Crippen LogP contribution in [0, 0.1) is 5.41 Å². The highest BCUT2D eigenvalue weighted by Gasteiger charge is 2.34. The predicted octanol–water partition coefficient (Wildman–Crippen LogP) is 1.17. The normalized spacial score (nSPS) is 17.9. The standard InChI is InChI=1S/C12H21NO4/c1-17-9-12(6-2-3-7-12)8-13-10(14)4-5-11(15)16/h2-9H2,1H3,(H,13,14)(H,15,16). The van der Waals surface area contributed by atoms with Gasteiger partial charge < -0.3 is 15.2 Å². The molecule has 0 spiro atoms. The topological polar surface area (TPSA) is 75.6 Å². The Labute approximate surface area is 102 Å². The van der Waals surface area contributed by atoms with Crippen molar-refractivity contribution in [3.05, 3.63) is 0 Å². The number of amides is 1. The van der Waals surface area contributed by atoms with Crippen LogP contribution in [0.5, 0.6) is 0 Å². The Balaban J connectivity index is 2.31. The van der Waals surface area contributed by atoms with E-state index in [2.05, 4.69) is 5.32 Å². The second kappa shape index (κ2) is 6.59. The minimum atomic E-state index is -0.937. The van der Waals surface area contributed by atoms with E-state index in [4.69, 9.17) is 9.84 Å². The third-order valence-electron chi connectivity index (χ3n) is 3.34. The van der Waals surface area contributed by atoms with E-state index in [9.17, 15) is 9.59 Å². The van der Waals surface area contributed by atoms with Crippen LogP contribution in [-0.2, 0) is 14.3 Å². The van der Waals surface area contributed by atoms with Crippen molar-refractivity contribution >= 4 is 11.9 Å². The Hall–Kier alpha value is -1.10. The maximum atomic E-state index is 11.4. The lowest BCUT2D eigenvalue weighted by atomic mass is 9.87. The summed E-state index contributed by atoms with van der Waals surface area (Å²) in [4.78, 5) is 21.8. The zero-order chi connectivity index (χ0) is 12.7. The fourth-order valence-corrected chi connectivity index (χ4v) is 2.40. The van der Waals surface area contributed by atoms with Gasteiger partial charge >= 0.3 is 5.97 Å². The van der Waals surface area contributed by atoms with Crippen molar-refractivity contribution < 1.29 is 19.4 Å². The second-order valence-corrected chi connectivity index (χ2v) is 4.81. The van der Waals surface area contributed by atoms with E-state index in [-0.39, 0.29) is 24.2 Å². The first kappa shape index (κ1) is 14.0. The number of methoxy groups -OCH3 is 1. The molecule has 17 heavy (non-hydrogen) atoms. The number of nitrogens with one attached hydrogen (secondary N) is 1. The quantitative estimate of drug-likeness (QED) is 0.704. The van der Waals surface area contributed by atoms with Crippen LogP contribution in [0.15, 0.2) is 0 Å². The lowest BCUT2D eigenvalue weighted by Gasteiger charge is -2.28. The first-order valence-electron chi connectivity index (χ1n) is 6.05. The molecule has 1 saturated carbocycles. The molecule has 0 saturated heterocycles. The number of carboxylic acid groups (broad SMARTS) is 1. The molecule has 5 heteroatoms. The SMILES string of the molecule is COCC1(CNC(=O)CCC(=O)O)CCCC1. The van der Waals surface area contributed by atoms with Gasteiger partial charge in [-0.3, -0.25) is 9.59 Å². The van der Waals surface area contributed by atoms with Gasteiger partial charge in [-0.1, -0.05) is 12.8 Å². The van der Waals surface area contributed by atoms with Crippen molar-refractivity contribution in [1.29, 1.82) is 0 Å². The van der Waals surface area contributed by atoms with E-state index in [1.54, 1.807) is 7.11 Å². The van der Waals surface area contributed by atoms with Gasteiger partial charge in [0.05, 0.1) is 13.0 Å². The largest absolute Gasteiger partial charge is 0.481 e. The number of hydrogen-bond donors (Lipinski definition) is 2. The summed E-state index contributed by atoms with van der Waals surface area (Å²) in [5.74, 6) is -1.12. The highest BCUT2D eigenvalue weighted by Crippen LogP contribution is 2.37. The Morgan fingerprint density at radius 2 is 1.94 bits per heavy atom. The van der Waals surface area contributed by atoms with Crippen LogP contribution in [0.1, 0.15) is 38.5 Å². The van der Waals surface area contributed by atoms with Gasteiger partial charge in [-0.25, -0.2) is 0 Å². The van der Waals surface area contributed by atoms with E-state index >= 15 is 0 Å². The fraction of sp³-hybridized carbons (Fsp3) is 0.833. The molecular weight excluding hydrogens is 222 g/mol. The molecule has 0 radical (unpaired) electrons. The summed E-state index contributed by atoms with van der Waals surface area (Å²) < 4.78 is 5.21. The molecule has 0 aromatic carbocycles. The van der Waals surface area contributed by atoms with Crippen LogP contribution in [0.2, 0.25) is 0 Å². The minimum absolute atomic E-state index is 0.0540. The third-order valence-corrected chi connectivity index (χ3v) is 3.34. The van der Waals surface area contributed by atoms with Gasteiger partial charge in [-0.15, -0.1) is 0 Å². The van der Waals surface area contributed by atoms with Crippen LogP contribution in [-0.4, -0.2) is 37.2 Å². The molecule has 1 fully saturated rings. The molecule has 0 bridgehead atoms. The Kier molecular flexibility index (Phi) is 5.41. The first-order valence-corrected chi connectivity index (χ1v) is 6.05. The molecule has 0 unspecified atom stereocenters. The number of carbonyl (C=O) groups excluding carboxylic acids is 1. The van der Waals surface area contributed by atoms with E-state index in [1.807, 2.05) is 0 Å². The average molecular weight is 243 g/mol. The van der Waals surface area contributed by atoms with Crippen molar-refractivity contribution in [3.8, 4) is 0 Å². The van der Waals surface area contributed by atoms with Crippen molar-refractivity contribution in [1.82, 2.24) is 5.32 Å². The van der Waals surface area contributed by atoms with Crippen molar-refractivity contribution in [2.75, 3.05) is 20.3 Å². The highest BCUT2D eigenvalue weighted by molar-refractivity contribution is 5.80. The predicted molar refractivity (Wildman–Crippen MR) is 62.7 cm³/mol. The summed E-state index contributed by atoms with van der Waals surface area (Å²) in [7, 11) is 1.67. The molecule has 0 atom stereocenters. The molecule has 1 aliphatic carbocycles. The summed E-state index contributed by atoms with van der Waals surface area (Å²) in [6.45, 7) is 1.26. The lowest BCUT2D eigenvalue weighted by Crippen LogP contribution is -2.38. The van der Waals surface area contributed by atoms with Gasteiger partial charge in [-0.2, -0.15) is 0 Å². The van der Waals surface area contributed by atoms with Crippen molar-refractivity contribution in [2.45, 2.75) is 38.5 Å². The molecule has 1 aliphatic rings. The maximum absolute atomic E-state index is 11.4. The second-order valence-electron chi connectivity index (χ2n) is 4.81. The zero-order valence-electron chi connectivity index (χ0n) is 10.3. The summed E-state index contributed by atoms with van der Waals surface area (Å²) in [5, 5.41) is 11.3. The molecule has 5 nitrogen and oxygen atoms in total. The van der Waals surface area contributed by atoms with Gasteiger partial charge in [-0.05, 0) is 12.8 Å². The van der Waals surface area contributed by atoms with Gasteiger partial charge in [0.2, 0.25) is 5.91 Å². The number of carboxylic acids is 1. The number of aliphatic carboxylic acids is 1. The van der Waals surface area contributed by atoms with Crippen molar-refractivity contribution in [3.63, 3.8) is 0 Å². The van der Waals surface area contributed by atoms with Crippen LogP contribution in [0.25, 0.3) is 0 Å². The third kappa shape index (κ3) is 4.73. The number of ether oxygens (including phenoxy) is 1. The molecule has 1 rings (SSSR count). The summed E-state index contributed by atoms with van der Waals surface area (Å²) in [6, 6.07) is 0. The van der Waals surface area contributed by atoms with Crippen LogP contribution in [0.4, 0.5) is 0 Å². The average Bonchev–Trinajstić information content (AvgIpc) is 2.73. The molecule has 0 aromatic heterocycles. The van der Waals surface area contributed by atoms with E-state index in [1.165, 1.54) is 12.8 Å². The molecule has 0 heterocycles. The van der Waals surface area contributed by atoms with E-state index in [0.29, 0.717) is 13.2 Å². The van der Waals surface area contributed by atoms with Crippen LogP contribution < -0.4 is 5.32 Å². The van der Waals surface area contributed by atoms with E-state index < -0.39 is 5.97 Å². The fourth-order valence-electron chi connectivity index (χ4n) is 2.40. The number of carbonyl (C=O) groups is 2. The number of rotatable bonds is 7. The van der Waals surface area contributed by atoms with Crippen LogP contribution >= 0.6 is 0 Å². The van der Waals surface area contributed by atoms with Gasteiger partial charge in [0.25, 0.3) is 0 Å². The van der Waals surface area contributed by atoms with Gasteiger partial charge in [0.15, 0.2) is 0 Å². The minimum Gasteiger partial charge on any atom is -0.481 e. The zero-order valence-corrected chi connectivity index (χ0v) is 10.3. The monoisotopic (exact) mass is 243 g/mol. The summed E-state index contributed by atoms with van der Waals surface area (Å²) in [6.07, 6.45) is 4.43. The summed E-state index contributed by atoms with van der Waals surface area (Å²) >= 11 is 0. The smallest absolute Gasteiger partial charge is 0.303 e. The molecule has 1 amide bonds. The summed E-state index contributed by atoms with van der Waals surface area (Å²) in [5.41, 5.74) is 0.0631. The van der Waals surface area contributed by atoms with Crippen LogP contribution in [0.3, 0.4) is 0 Å². The number of hydrogen-bond acceptors (Lipinski definition) is 3. The Morgan fingerprint density at radius 1 is 1.29 bits per heavy atom. The Bertz CT molecular complexity index is 272. The van der Waals surface area contributed by atoms with E-state index in [0.717, 1.165) is 12.8 Å². The molecule has 0 aromatic rings. The molecule has 0 aliphatic heterocycles. The maximum Gasteiger partial charge on any atom is 0.303 e.